The van der Waals surface area contributed by atoms with Crippen molar-refractivity contribution < 1.29 is 0 Å². The van der Waals surface area contributed by atoms with Crippen LogP contribution in [-0.2, 0) is 5.41 Å². The Kier molecular flexibility index (Phi) is 4.89. The van der Waals surface area contributed by atoms with Crippen LogP contribution in [0.2, 0.25) is 0 Å². The molecule has 4 N–H and O–H groups in total. The molecule has 0 spiro atoms. The van der Waals surface area contributed by atoms with E-state index >= 15 is 0 Å². The van der Waals surface area contributed by atoms with E-state index in [2.05, 4.69) is 38.1 Å². The van der Waals surface area contributed by atoms with Gasteiger partial charge in [-0.15, -0.1) is 0 Å². The molecule has 2 rings (SSSR count). The summed E-state index contributed by atoms with van der Waals surface area (Å²) in [5.74, 6) is 0. The summed E-state index contributed by atoms with van der Waals surface area (Å²) in [6.07, 6.45) is 4.86. The Balaban J connectivity index is 2.37. The van der Waals surface area contributed by atoms with Gasteiger partial charge in [0.15, 0.2) is 0 Å². The number of benzene rings is 2. The second-order valence-electron chi connectivity index (χ2n) is 6.03. The first-order valence-corrected chi connectivity index (χ1v) is 7.78. The molecule has 0 aliphatic carbocycles. The summed E-state index contributed by atoms with van der Waals surface area (Å²) < 4.78 is 0. The zero-order valence-electron chi connectivity index (χ0n) is 13.1. The fourth-order valence-corrected chi connectivity index (χ4v) is 2.89. The highest BCUT2D eigenvalue weighted by atomic mass is 14.5. The van der Waals surface area contributed by atoms with E-state index in [1.807, 2.05) is 24.3 Å². The van der Waals surface area contributed by atoms with Crippen molar-refractivity contribution in [2.24, 2.45) is 0 Å². The normalized spacial score (nSPS) is 11.5. The highest BCUT2D eigenvalue weighted by Crippen LogP contribution is 2.37. The van der Waals surface area contributed by atoms with Crippen LogP contribution in [0.25, 0.3) is 0 Å². The van der Waals surface area contributed by atoms with Crippen LogP contribution in [0.5, 0.6) is 0 Å². The van der Waals surface area contributed by atoms with Crippen LogP contribution < -0.4 is 11.5 Å². The molecule has 0 saturated carbocycles. The van der Waals surface area contributed by atoms with Crippen molar-refractivity contribution in [3.05, 3.63) is 59.7 Å². The minimum atomic E-state index is 0.0105. The fourth-order valence-electron chi connectivity index (χ4n) is 2.89. The van der Waals surface area contributed by atoms with Gasteiger partial charge < -0.3 is 11.5 Å². The molecule has 0 atom stereocenters. The molecule has 0 saturated heterocycles. The third kappa shape index (κ3) is 3.57. The van der Waals surface area contributed by atoms with E-state index < -0.39 is 0 Å². The molecule has 0 radical (unpaired) electrons. The molecule has 0 unspecified atom stereocenters. The fraction of sp³-hybridized carbons (Fsp3) is 0.368. The summed E-state index contributed by atoms with van der Waals surface area (Å²) in [6, 6.07) is 16.6. The zero-order chi connectivity index (χ0) is 15.3. The summed E-state index contributed by atoms with van der Waals surface area (Å²) in [5.41, 5.74) is 15.9. The van der Waals surface area contributed by atoms with Crippen molar-refractivity contribution in [2.45, 2.75) is 44.9 Å². The van der Waals surface area contributed by atoms with E-state index in [9.17, 15) is 0 Å². The van der Waals surface area contributed by atoms with Crippen LogP contribution in [0.15, 0.2) is 48.5 Å². The first kappa shape index (κ1) is 15.4. The van der Waals surface area contributed by atoms with Gasteiger partial charge in [-0.25, -0.2) is 0 Å². The molecule has 0 amide bonds. The molecule has 2 nitrogen and oxygen atoms in total. The van der Waals surface area contributed by atoms with Gasteiger partial charge in [-0.1, -0.05) is 57.4 Å². The number of unbranched alkanes of at least 4 members (excludes halogenated alkanes) is 2. The van der Waals surface area contributed by atoms with Crippen LogP contribution in [0.1, 0.15) is 50.7 Å². The van der Waals surface area contributed by atoms with Crippen LogP contribution in [0.4, 0.5) is 11.4 Å². The molecular weight excluding hydrogens is 256 g/mol. The average Bonchev–Trinajstić information content (AvgIpc) is 2.48. The number of nitrogen functional groups attached to an aromatic ring is 2. The molecule has 112 valence electrons. The van der Waals surface area contributed by atoms with Crippen molar-refractivity contribution in [2.75, 3.05) is 11.5 Å². The van der Waals surface area contributed by atoms with Gasteiger partial charge in [0, 0.05) is 16.8 Å². The van der Waals surface area contributed by atoms with Gasteiger partial charge in [0.25, 0.3) is 0 Å². The van der Waals surface area contributed by atoms with Crippen LogP contribution >= 0.6 is 0 Å². The lowest BCUT2D eigenvalue weighted by atomic mass is 9.72. The Morgan fingerprint density at radius 2 is 1.19 bits per heavy atom. The monoisotopic (exact) mass is 282 g/mol. The molecule has 0 aromatic heterocycles. The highest BCUT2D eigenvalue weighted by molar-refractivity contribution is 5.48. The van der Waals surface area contributed by atoms with Gasteiger partial charge in [-0.3, -0.25) is 0 Å². The predicted octanol–water partition coefficient (Wildman–Crippen LogP) is 4.74. The summed E-state index contributed by atoms with van der Waals surface area (Å²) >= 11 is 0. The second-order valence-corrected chi connectivity index (χ2v) is 6.03. The summed E-state index contributed by atoms with van der Waals surface area (Å²) in [5, 5.41) is 0. The second kappa shape index (κ2) is 6.66. The Morgan fingerprint density at radius 1 is 0.762 bits per heavy atom. The van der Waals surface area contributed by atoms with Crippen molar-refractivity contribution in [1.29, 1.82) is 0 Å². The molecule has 0 aliphatic heterocycles. The van der Waals surface area contributed by atoms with Crippen molar-refractivity contribution in [3.8, 4) is 0 Å². The Hall–Kier alpha value is -1.96. The van der Waals surface area contributed by atoms with E-state index in [0.717, 1.165) is 17.8 Å². The number of hydrogen-bond acceptors (Lipinski definition) is 2. The van der Waals surface area contributed by atoms with Gasteiger partial charge in [-0.2, -0.15) is 0 Å². The first-order valence-electron chi connectivity index (χ1n) is 7.78. The maximum absolute atomic E-state index is 5.83. The van der Waals surface area contributed by atoms with Crippen molar-refractivity contribution >= 4 is 11.4 Å². The lowest BCUT2D eigenvalue weighted by Gasteiger charge is -2.31. The summed E-state index contributed by atoms with van der Waals surface area (Å²) in [6.45, 7) is 4.56. The number of nitrogens with two attached hydrogens (primary N) is 2. The molecule has 0 aliphatic rings. The number of anilines is 2. The molecule has 0 heterocycles. The van der Waals surface area contributed by atoms with E-state index in [4.69, 9.17) is 11.5 Å². The van der Waals surface area contributed by atoms with E-state index in [1.165, 1.54) is 30.4 Å². The van der Waals surface area contributed by atoms with Crippen LogP contribution in [0, 0.1) is 0 Å². The first-order chi connectivity index (χ1) is 10.1. The maximum atomic E-state index is 5.83. The highest BCUT2D eigenvalue weighted by Gasteiger charge is 2.28. The largest absolute Gasteiger partial charge is 0.399 e. The predicted molar refractivity (Wildman–Crippen MR) is 92.3 cm³/mol. The van der Waals surface area contributed by atoms with Crippen molar-refractivity contribution in [3.63, 3.8) is 0 Å². The quantitative estimate of drug-likeness (QED) is 0.594. The summed E-state index contributed by atoms with van der Waals surface area (Å²) in [7, 11) is 0. The Labute approximate surface area is 128 Å². The maximum Gasteiger partial charge on any atom is 0.0314 e. The van der Waals surface area contributed by atoms with E-state index in [-0.39, 0.29) is 5.41 Å². The Bertz CT molecular complexity index is 510. The molecule has 2 aromatic carbocycles. The van der Waals surface area contributed by atoms with Crippen LogP contribution in [0.3, 0.4) is 0 Å². The van der Waals surface area contributed by atoms with Gasteiger partial charge in [0.2, 0.25) is 0 Å². The lowest BCUT2D eigenvalue weighted by molar-refractivity contribution is 0.483. The molecule has 2 aromatic rings. The molecule has 2 heteroatoms. The van der Waals surface area contributed by atoms with Gasteiger partial charge in [0.1, 0.15) is 0 Å². The third-order valence-electron chi connectivity index (χ3n) is 4.38. The summed E-state index contributed by atoms with van der Waals surface area (Å²) in [4.78, 5) is 0. The molecule has 0 fully saturated rings. The molecular formula is C19H26N2. The third-order valence-corrected chi connectivity index (χ3v) is 4.38. The van der Waals surface area contributed by atoms with E-state index in [0.29, 0.717) is 0 Å². The Morgan fingerprint density at radius 3 is 1.57 bits per heavy atom. The minimum absolute atomic E-state index is 0.0105. The van der Waals surface area contributed by atoms with Crippen LogP contribution in [-0.4, -0.2) is 0 Å². The standard InChI is InChI=1S/C19H26N2/c1-3-4-5-14-19(2,15-6-10-17(20)11-7-15)16-8-12-18(21)13-9-16/h6-13H,3-5,14,20-21H2,1-2H3. The number of hydrogen-bond donors (Lipinski definition) is 2. The smallest absolute Gasteiger partial charge is 0.0314 e. The lowest BCUT2D eigenvalue weighted by Crippen LogP contribution is -2.23. The SMILES string of the molecule is CCCCCC(C)(c1ccc(N)cc1)c1ccc(N)cc1. The average molecular weight is 282 g/mol. The zero-order valence-corrected chi connectivity index (χ0v) is 13.1. The van der Waals surface area contributed by atoms with Gasteiger partial charge in [-0.05, 0) is 41.8 Å². The molecule has 0 bridgehead atoms. The minimum Gasteiger partial charge on any atom is -0.399 e. The van der Waals surface area contributed by atoms with Gasteiger partial charge >= 0.3 is 0 Å². The van der Waals surface area contributed by atoms with Gasteiger partial charge in [0.05, 0.1) is 0 Å². The number of rotatable bonds is 6. The van der Waals surface area contributed by atoms with Crippen molar-refractivity contribution in [1.82, 2.24) is 0 Å². The van der Waals surface area contributed by atoms with E-state index in [1.54, 1.807) is 0 Å². The topological polar surface area (TPSA) is 52.0 Å². The molecule has 21 heavy (non-hydrogen) atoms.